The number of rotatable bonds is 8. The van der Waals surface area contributed by atoms with Crippen LogP contribution in [0.2, 0.25) is 0 Å². The van der Waals surface area contributed by atoms with Crippen molar-refractivity contribution in [1.29, 1.82) is 0 Å². The lowest BCUT2D eigenvalue weighted by atomic mass is 9.89. The van der Waals surface area contributed by atoms with E-state index >= 15 is 0 Å². The van der Waals surface area contributed by atoms with E-state index in [2.05, 4.69) is 33.3 Å². The molecule has 2 rings (SSSR count). The zero-order valence-electron chi connectivity index (χ0n) is 13.2. The predicted octanol–water partition coefficient (Wildman–Crippen LogP) is 2.90. The van der Waals surface area contributed by atoms with Gasteiger partial charge in [-0.25, -0.2) is 0 Å². The van der Waals surface area contributed by atoms with Gasteiger partial charge in [-0.05, 0) is 42.7 Å². The largest absolute Gasteiger partial charge is 0.383 e. The van der Waals surface area contributed by atoms with Gasteiger partial charge >= 0.3 is 0 Å². The van der Waals surface area contributed by atoms with Crippen LogP contribution in [0.15, 0.2) is 10.7 Å². The van der Waals surface area contributed by atoms with Crippen molar-refractivity contribution in [1.82, 2.24) is 15.1 Å². The Morgan fingerprint density at radius 1 is 1.48 bits per heavy atom. The third kappa shape index (κ3) is 3.50. The molecule has 1 saturated carbocycles. The lowest BCUT2D eigenvalue weighted by Crippen LogP contribution is -2.44. The predicted molar refractivity (Wildman–Crippen MR) is 86.4 cm³/mol. The summed E-state index contributed by atoms with van der Waals surface area (Å²) in [6.45, 7) is 4.21. The summed E-state index contributed by atoms with van der Waals surface area (Å²) in [7, 11) is 3.72. The number of hydrogen-bond acceptors (Lipinski definition) is 4. The molecule has 0 spiro atoms. The smallest absolute Gasteiger partial charge is 0.0891 e. The van der Waals surface area contributed by atoms with Crippen molar-refractivity contribution in [3.05, 3.63) is 16.4 Å². The number of likely N-dealkylation sites (N-methyl/N-ethyl adjacent to an activating group) is 1. The van der Waals surface area contributed by atoms with E-state index in [0.717, 1.165) is 36.2 Å². The highest BCUT2D eigenvalue weighted by Crippen LogP contribution is 2.44. The Hall–Kier alpha value is -0.430. The molecular weight excluding hydrogens is 334 g/mol. The highest BCUT2D eigenvalue weighted by molar-refractivity contribution is 9.10. The van der Waals surface area contributed by atoms with Gasteiger partial charge in [0.1, 0.15) is 0 Å². The van der Waals surface area contributed by atoms with Crippen molar-refractivity contribution in [2.75, 3.05) is 27.4 Å². The van der Waals surface area contributed by atoms with E-state index in [4.69, 9.17) is 9.47 Å². The fourth-order valence-corrected chi connectivity index (χ4v) is 3.97. The van der Waals surface area contributed by atoms with Crippen LogP contribution in [0.5, 0.6) is 0 Å². The van der Waals surface area contributed by atoms with Crippen LogP contribution in [0, 0.1) is 0 Å². The summed E-state index contributed by atoms with van der Waals surface area (Å²) in [6.07, 6.45) is 6.50. The molecule has 1 aromatic rings. The summed E-state index contributed by atoms with van der Waals surface area (Å²) >= 11 is 3.65. The fourth-order valence-electron chi connectivity index (χ4n) is 3.44. The van der Waals surface area contributed by atoms with E-state index in [-0.39, 0.29) is 11.6 Å². The molecule has 1 N–H and O–H groups in total. The molecule has 1 fully saturated rings. The Morgan fingerprint density at radius 3 is 2.76 bits per heavy atom. The molecule has 1 atom stereocenters. The van der Waals surface area contributed by atoms with Gasteiger partial charge in [-0.3, -0.25) is 4.68 Å². The maximum Gasteiger partial charge on any atom is 0.0891 e. The topological polar surface area (TPSA) is 48.3 Å². The second-order valence-corrected chi connectivity index (χ2v) is 6.37. The Morgan fingerprint density at radius 2 is 2.19 bits per heavy atom. The summed E-state index contributed by atoms with van der Waals surface area (Å²) in [6, 6.07) is 0.133. The molecule has 120 valence electrons. The maximum atomic E-state index is 6.23. The average Bonchev–Trinajstić information content (AvgIpc) is 3.08. The molecule has 1 aliphatic rings. The van der Waals surface area contributed by atoms with Crippen LogP contribution in [-0.4, -0.2) is 42.8 Å². The first-order valence-corrected chi connectivity index (χ1v) is 8.49. The Bertz CT molecular complexity index is 444. The summed E-state index contributed by atoms with van der Waals surface area (Å²) in [4.78, 5) is 0. The number of nitrogens with one attached hydrogen (secondary N) is 1. The number of methoxy groups -OCH3 is 1. The molecule has 6 heteroatoms. The molecule has 1 aliphatic carbocycles. The quantitative estimate of drug-likeness (QED) is 0.775. The van der Waals surface area contributed by atoms with Gasteiger partial charge in [-0.2, -0.15) is 5.10 Å². The van der Waals surface area contributed by atoms with E-state index in [1.54, 1.807) is 7.11 Å². The van der Waals surface area contributed by atoms with Crippen molar-refractivity contribution >= 4 is 15.9 Å². The standard InChI is InChI=1S/C15H26BrN3O2/c1-4-21-15(7-5-6-8-15)14(17-2)13-12(16)11-18-19(13)9-10-20-3/h11,14,17H,4-10H2,1-3H3. The van der Waals surface area contributed by atoms with Crippen molar-refractivity contribution in [3.8, 4) is 0 Å². The van der Waals surface area contributed by atoms with Crippen LogP contribution >= 0.6 is 15.9 Å². The van der Waals surface area contributed by atoms with Crippen molar-refractivity contribution in [3.63, 3.8) is 0 Å². The van der Waals surface area contributed by atoms with Crippen LogP contribution in [0.4, 0.5) is 0 Å². The van der Waals surface area contributed by atoms with E-state index in [1.165, 1.54) is 12.8 Å². The first-order chi connectivity index (χ1) is 10.2. The van der Waals surface area contributed by atoms with Gasteiger partial charge in [-0.1, -0.05) is 12.8 Å². The van der Waals surface area contributed by atoms with E-state index in [0.29, 0.717) is 6.61 Å². The molecular formula is C15H26BrN3O2. The molecule has 0 radical (unpaired) electrons. The lowest BCUT2D eigenvalue weighted by molar-refractivity contribution is -0.0632. The van der Waals surface area contributed by atoms with Crippen molar-refractivity contribution < 1.29 is 9.47 Å². The Labute approximate surface area is 135 Å². The number of ether oxygens (including phenoxy) is 2. The molecule has 1 aromatic heterocycles. The molecule has 0 saturated heterocycles. The summed E-state index contributed by atoms with van der Waals surface area (Å²) in [5, 5.41) is 7.95. The molecule has 0 amide bonds. The van der Waals surface area contributed by atoms with E-state index < -0.39 is 0 Å². The molecule has 1 heterocycles. The molecule has 21 heavy (non-hydrogen) atoms. The van der Waals surface area contributed by atoms with E-state index in [9.17, 15) is 0 Å². The minimum atomic E-state index is -0.128. The van der Waals surface area contributed by atoms with Gasteiger partial charge < -0.3 is 14.8 Å². The monoisotopic (exact) mass is 359 g/mol. The second-order valence-electron chi connectivity index (χ2n) is 5.52. The molecule has 0 aromatic carbocycles. The highest BCUT2D eigenvalue weighted by atomic mass is 79.9. The fraction of sp³-hybridized carbons (Fsp3) is 0.800. The SMILES string of the molecule is CCOC1(C(NC)c2c(Br)cnn2CCOC)CCCC1. The molecule has 5 nitrogen and oxygen atoms in total. The van der Waals surface area contributed by atoms with Crippen molar-refractivity contribution in [2.24, 2.45) is 0 Å². The van der Waals surface area contributed by atoms with Gasteiger partial charge in [0.05, 0.1) is 41.2 Å². The summed E-state index contributed by atoms with van der Waals surface area (Å²) in [5.41, 5.74) is 1.03. The minimum absolute atomic E-state index is 0.128. The summed E-state index contributed by atoms with van der Waals surface area (Å²) in [5.74, 6) is 0. The molecule has 0 aliphatic heterocycles. The van der Waals surface area contributed by atoms with Crippen LogP contribution in [0.25, 0.3) is 0 Å². The van der Waals surface area contributed by atoms with Gasteiger partial charge in [0.25, 0.3) is 0 Å². The normalized spacial score (nSPS) is 19.0. The summed E-state index contributed by atoms with van der Waals surface area (Å²) < 4.78 is 14.5. The minimum Gasteiger partial charge on any atom is -0.383 e. The van der Waals surface area contributed by atoms with Gasteiger partial charge in [-0.15, -0.1) is 0 Å². The van der Waals surface area contributed by atoms with Crippen LogP contribution in [-0.2, 0) is 16.0 Å². The number of hydrogen-bond donors (Lipinski definition) is 1. The van der Waals surface area contributed by atoms with Crippen LogP contribution in [0.1, 0.15) is 44.3 Å². The van der Waals surface area contributed by atoms with Crippen molar-refractivity contribution in [2.45, 2.75) is 50.8 Å². The zero-order valence-corrected chi connectivity index (χ0v) is 14.8. The van der Waals surface area contributed by atoms with Gasteiger partial charge in [0, 0.05) is 13.7 Å². The number of nitrogens with zero attached hydrogens (tertiary/aromatic N) is 2. The maximum absolute atomic E-state index is 6.23. The van der Waals surface area contributed by atoms with Crippen LogP contribution < -0.4 is 5.32 Å². The number of halogens is 1. The van der Waals surface area contributed by atoms with Gasteiger partial charge in [0.2, 0.25) is 0 Å². The first-order valence-electron chi connectivity index (χ1n) is 7.70. The average molecular weight is 360 g/mol. The highest BCUT2D eigenvalue weighted by Gasteiger charge is 2.44. The third-order valence-corrected chi connectivity index (χ3v) is 4.92. The Balaban J connectivity index is 2.33. The third-order valence-electron chi connectivity index (χ3n) is 4.31. The Kier molecular flexibility index (Phi) is 6.22. The number of aromatic nitrogens is 2. The first kappa shape index (κ1) is 16.9. The molecule has 1 unspecified atom stereocenters. The van der Waals surface area contributed by atoms with E-state index in [1.807, 2.05) is 17.9 Å². The van der Waals surface area contributed by atoms with Crippen LogP contribution in [0.3, 0.4) is 0 Å². The lowest BCUT2D eigenvalue weighted by Gasteiger charge is -2.37. The zero-order chi connectivity index (χ0) is 15.3. The molecule has 0 bridgehead atoms. The van der Waals surface area contributed by atoms with Gasteiger partial charge in [0.15, 0.2) is 0 Å². The second kappa shape index (κ2) is 7.72.